The van der Waals surface area contributed by atoms with Gasteiger partial charge in [-0.25, -0.2) is 4.79 Å². The zero-order chi connectivity index (χ0) is 17.6. The second-order valence-electron chi connectivity index (χ2n) is 5.15. The van der Waals surface area contributed by atoms with E-state index >= 15 is 0 Å². The highest BCUT2D eigenvalue weighted by molar-refractivity contribution is 5.93. The minimum atomic E-state index is -0.397. The smallest absolute Gasteiger partial charge is 0.338 e. The molecule has 7 nitrogen and oxygen atoms in total. The Morgan fingerprint density at radius 3 is 2.60 bits per heavy atom. The van der Waals surface area contributed by atoms with Crippen molar-refractivity contribution < 1.29 is 28.5 Å². The number of carbonyl (C=O) groups is 2. The zero-order valence-corrected chi connectivity index (χ0v) is 13.6. The Labute approximate surface area is 144 Å². The van der Waals surface area contributed by atoms with E-state index in [1.165, 1.54) is 0 Å². The van der Waals surface area contributed by atoms with E-state index in [4.69, 9.17) is 18.9 Å². The molecule has 0 aromatic heterocycles. The predicted molar refractivity (Wildman–Crippen MR) is 89.1 cm³/mol. The first-order valence-electron chi connectivity index (χ1n) is 7.75. The molecule has 1 heterocycles. The van der Waals surface area contributed by atoms with Crippen LogP contribution in [0.15, 0.2) is 42.5 Å². The summed E-state index contributed by atoms with van der Waals surface area (Å²) in [6.07, 6.45) is 0. The van der Waals surface area contributed by atoms with Crippen LogP contribution >= 0.6 is 0 Å². The summed E-state index contributed by atoms with van der Waals surface area (Å²) in [7, 11) is 0. The number of benzene rings is 2. The van der Waals surface area contributed by atoms with Gasteiger partial charge in [0.25, 0.3) is 5.91 Å². The molecule has 1 amide bonds. The standard InChI is InChI=1S/C18H17NO6/c1-2-22-18(21)12-3-5-13(6-4-12)19-17(20)10-23-14-7-8-15-16(9-14)25-11-24-15/h3-9H,2,10-11H2,1H3,(H,19,20). The Morgan fingerprint density at radius 2 is 1.84 bits per heavy atom. The first-order valence-corrected chi connectivity index (χ1v) is 7.75. The van der Waals surface area contributed by atoms with Crippen molar-refractivity contribution in [3.05, 3.63) is 48.0 Å². The summed E-state index contributed by atoms with van der Waals surface area (Å²) in [5.41, 5.74) is 0.990. The summed E-state index contributed by atoms with van der Waals surface area (Å²) >= 11 is 0. The predicted octanol–water partition coefficient (Wildman–Crippen LogP) is 2.61. The molecule has 0 saturated carbocycles. The van der Waals surface area contributed by atoms with Crippen LogP contribution in [0.3, 0.4) is 0 Å². The molecule has 0 spiro atoms. The molecule has 1 aliphatic rings. The molecule has 1 aliphatic heterocycles. The van der Waals surface area contributed by atoms with Crippen molar-refractivity contribution in [2.24, 2.45) is 0 Å². The molecule has 0 bridgehead atoms. The fraction of sp³-hybridized carbons (Fsp3) is 0.222. The summed E-state index contributed by atoms with van der Waals surface area (Å²) < 4.78 is 20.8. The number of hydrogen-bond acceptors (Lipinski definition) is 6. The average Bonchev–Trinajstić information content (AvgIpc) is 3.08. The molecule has 0 saturated heterocycles. The van der Waals surface area contributed by atoms with Crippen molar-refractivity contribution in [3.63, 3.8) is 0 Å². The number of fused-ring (bicyclic) bond motifs is 1. The van der Waals surface area contributed by atoms with Crippen LogP contribution in [0.1, 0.15) is 17.3 Å². The van der Waals surface area contributed by atoms with E-state index in [1.807, 2.05) is 0 Å². The van der Waals surface area contributed by atoms with E-state index in [0.717, 1.165) is 0 Å². The molecule has 25 heavy (non-hydrogen) atoms. The second kappa shape index (κ2) is 7.57. The van der Waals surface area contributed by atoms with Crippen LogP contribution in [-0.2, 0) is 9.53 Å². The molecule has 1 N–H and O–H groups in total. The molecular weight excluding hydrogens is 326 g/mol. The third-order valence-corrected chi connectivity index (χ3v) is 3.39. The molecule has 130 valence electrons. The molecule has 0 atom stereocenters. The van der Waals surface area contributed by atoms with Gasteiger partial charge in [0.05, 0.1) is 12.2 Å². The van der Waals surface area contributed by atoms with Crippen LogP contribution in [0.2, 0.25) is 0 Å². The summed E-state index contributed by atoms with van der Waals surface area (Å²) in [5, 5.41) is 2.69. The number of amides is 1. The van der Waals surface area contributed by atoms with Crippen LogP contribution in [0.4, 0.5) is 5.69 Å². The van der Waals surface area contributed by atoms with Crippen molar-refractivity contribution >= 4 is 17.6 Å². The largest absolute Gasteiger partial charge is 0.484 e. The number of ether oxygens (including phenoxy) is 4. The maximum Gasteiger partial charge on any atom is 0.338 e. The van der Waals surface area contributed by atoms with E-state index < -0.39 is 5.97 Å². The Hall–Kier alpha value is -3.22. The Kier molecular flexibility index (Phi) is 5.03. The van der Waals surface area contributed by atoms with Crippen LogP contribution in [-0.4, -0.2) is 31.9 Å². The second-order valence-corrected chi connectivity index (χ2v) is 5.15. The van der Waals surface area contributed by atoms with Gasteiger partial charge >= 0.3 is 5.97 Å². The van der Waals surface area contributed by atoms with Gasteiger partial charge in [-0.2, -0.15) is 0 Å². The number of carbonyl (C=O) groups excluding carboxylic acids is 2. The highest BCUT2D eigenvalue weighted by atomic mass is 16.7. The van der Waals surface area contributed by atoms with Gasteiger partial charge in [0.15, 0.2) is 18.1 Å². The van der Waals surface area contributed by atoms with Gasteiger partial charge in [0.1, 0.15) is 5.75 Å². The molecule has 0 fully saturated rings. The van der Waals surface area contributed by atoms with Gasteiger partial charge in [-0.1, -0.05) is 0 Å². The Bertz CT molecular complexity index is 772. The quantitative estimate of drug-likeness (QED) is 0.812. The number of nitrogens with one attached hydrogen (secondary N) is 1. The van der Waals surface area contributed by atoms with E-state index in [2.05, 4.69) is 5.32 Å². The number of anilines is 1. The minimum absolute atomic E-state index is 0.154. The van der Waals surface area contributed by atoms with Crippen molar-refractivity contribution in [2.75, 3.05) is 25.3 Å². The summed E-state index contributed by atoms with van der Waals surface area (Å²) in [4.78, 5) is 23.5. The Morgan fingerprint density at radius 1 is 1.08 bits per heavy atom. The fourth-order valence-electron chi connectivity index (χ4n) is 2.22. The first kappa shape index (κ1) is 16.6. The SMILES string of the molecule is CCOC(=O)c1ccc(NC(=O)COc2ccc3c(c2)OCO3)cc1. The van der Waals surface area contributed by atoms with Crippen molar-refractivity contribution in [2.45, 2.75) is 6.92 Å². The van der Waals surface area contributed by atoms with Gasteiger partial charge in [0.2, 0.25) is 6.79 Å². The molecule has 7 heteroatoms. The third-order valence-electron chi connectivity index (χ3n) is 3.39. The average molecular weight is 343 g/mol. The maximum atomic E-state index is 12.0. The lowest BCUT2D eigenvalue weighted by molar-refractivity contribution is -0.118. The summed E-state index contributed by atoms with van der Waals surface area (Å²) in [6, 6.07) is 11.5. The van der Waals surface area contributed by atoms with Crippen LogP contribution in [0, 0.1) is 0 Å². The lowest BCUT2D eigenvalue weighted by Crippen LogP contribution is -2.20. The van der Waals surface area contributed by atoms with E-state index in [-0.39, 0.29) is 19.3 Å². The molecule has 0 radical (unpaired) electrons. The highest BCUT2D eigenvalue weighted by Gasteiger charge is 2.14. The van der Waals surface area contributed by atoms with E-state index in [0.29, 0.717) is 35.1 Å². The van der Waals surface area contributed by atoms with Gasteiger partial charge in [0, 0.05) is 11.8 Å². The van der Waals surface area contributed by atoms with Gasteiger partial charge in [-0.05, 0) is 43.3 Å². The summed E-state index contributed by atoms with van der Waals surface area (Å²) in [6.45, 7) is 2.08. The van der Waals surface area contributed by atoms with Crippen molar-refractivity contribution in [1.82, 2.24) is 0 Å². The van der Waals surface area contributed by atoms with Crippen LogP contribution in [0.25, 0.3) is 0 Å². The van der Waals surface area contributed by atoms with Gasteiger partial charge in [-0.3, -0.25) is 4.79 Å². The molecular formula is C18H17NO6. The van der Waals surface area contributed by atoms with Gasteiger partial charge < -0.3 is 24.3 Å². The van der Waals surface area contributed by atoms with Gasteiger partial charge in [-0.15, -0.1) is 0 Å². The third kappa shape index (κ3) is 4.20. The number of rotatable bonds is 6. The zero-order valence-electron chi connectivity index (χ0n) is 13.6. The molecule has 0 unspecified atom stereocenters. The van der Waals surface area contributed by atoms with Crippen LogP contribution < -0.4 is 19.5 Å². The molecule has 2 aromatic rings. The summed E-state index contributed by atoms with van der Waals surface area (Å²) in [5.74, 6) is 1.04. The Balaban J connectivity index is 1.51. The maximum absolute atomic E-state index is 12.0. The highest BCUT2D eigenvalue weighted by Crippen LogP contribution is 2.35. The molecule has 2 aromatic carbocycles. The minimum Gasteiger partial charge on any atom is -0.484 e. The monoisotopic (exact) mass is 343 g/mol. The van der Waals surface area contributed by atoms with Crippen molar-refractivity contribution in [1.29, 1.82) is 0 Å². The number of hydrogen-bond donors (Lipinski definition) is 1. The van der Waals surface area contributed by atoms with E-state index in [1.54, 1.807) is 49.4 Å². The lowest BCUT2D eigenvalue weighted by atomic mass is 10.2. The topological polar surface area (TPSA) is 83.1 Å². The lowest BCUT2D eigenvalue weighted by Gasteiger charge is -2.08. The van der Waals surface area contributed by atoms with Crippen molar-refractivity contribution in [3.8, 4) is 17.2 Å². The normalized spacial score (nSPS) is 11.7. The fourth-order valence-corrected chi connectivity index (χ4v) is 2.22. The number of esters is 1. The molecule has 3 rings (SSSR count). The van der Waals surface area contributed by atoms with E-state index in [9.17, 15) is 9.59 Å². The molecule has 0 aliphatic carbocycles. The first-order chi connectivity index (χ1) is 12.2. The van der Waals surface area contributed by atoms with Crippen LogP contribution in [0.5, 0.6) is 17.2 Å².